The minimum atomic E-state index is -0.0850. The number of rotatable bonds is 4. The van der Waals surface area contributed by atoms with E-state index in [9.17, 15) is 5.11 Å². The molecule has 1 aromatic heterocycles. The first-order valence-electron chi connectivity index (χ1n) is 5.41. The third-order valence-corrected chi connectivity index (χ3v) is 2.54. The Labute approximate surface area is 99.5 Å². The standard InChI is InChI=1S/C13H15NO3/c1-9-6-10(2-5-13(9)16)14-7-11-3-4-12(8-15)17-11/h2-6,14-16H,7-8H2,1H3. The zero-order valence-corrected chi connectivity index (χ0v) is 9.60. The van der Waals surface area contributed by atoms with Crippen LogP contribution in [-0.2, 0) is 13.2 Å². The van der Waals surface area contributed by atoms with Gasteiger partial charge in [0, 0.05) is 5.69 Å². The van der Waals surface area contributed by atoms with Crippen LogP contribution >= 0.6 is 0 Å². The molecular weight excluding hydrogens is 218 g/mol. The summed E-state index contributed by atoms with van der Waals surface area (Å²) in [5, 5.41) is 21.4. The summed E-state index contributed by atoms with van der Waals surface area (Å²) in [6, 6.07) is 8.90. The molecule has 0 amide bonds. The second-order valence-corrected chi connectivity index (χ2v) is 3.88. The fourth-order valence-electron chi connectivity index (χ4n) is 1.56. The van der Waals surface area contributed by atoms with Gasteiger partial charge < -0.3 is 19.9 Å². The molecule has 0 radical (unpaired) electrons. The third kappa shape index (κ3) is 2.79. The number of aromatic hydroxyl groups is 1. The van der Waals surface area contributed by atoms with Crippen LogP contribution in [0.25, 0.3) is 0 Å². The number of aliphatic hydroxyl groups is 1. The van der Waals surface area contributed by atoms with Crippen molar-refractivity contribution in [1.82, 2.24) is 0 Å². The van der Waals surface area contributed by atoms with Gasteiger partial charge in [0.2, 0.25) is 0 Å². The lowest BCUT2D eigenvalue weighted by molar-refractivity contribution is 0.244. The number of nitrogens with one attached hydrogen (secondary N) is 1. The van der Waals surface area contributed by atoms with Gasteiger partial charge in [-0.2, -0.15) is 0 Å². The molecule has 4 nitrogen and oxygen atoms in total. The molecule has 4 heteroatoms. The maximum atomic E-state index is 9.39. The molecule has 0 aliphatic heterocycles. The van der Waals surface area contributed by atoms with E-state index in [0.717, 1.165) is 17.0 Å². The van der Waals surface area contributed by atoms with Gasteiger partial charge in [0.1, 0.15) is 23.9 Å². The van der Waals surface area contributed by atoms with Crippen molar-refractivity contribution in [3.8, 4) is 5.75 Å². The quantitative estimate of drug-likeness (QED) is 0.709. The number of aliphatic hydroxyl groups excluding tert-OH is 1. The Morgan fingerprint density at radius 2 is 1.94 bits per heavy atom. The number of hydrogen-bond donors (Lipinski definition) is 3. The minimum absolute atomic E-state index is 0.0850. The Morgan fingerprint density at radius 3 is 2.59 bits per heavy atom. The van der Waals surface area contributed by atoms with E-state index in [4.69, 9.17) is 9.52 Å². The molecule has 2 aromatic rings. The average molecular weight is 233 g/mol. The lowest BCUT2D eigenvalue weighted by Gasteiger charge is -2.06. The molecule has 0 bridgehead atoms. The number of aryl methyl sites for hydroxylation is 1. The molecule has 0 unspecified atom stereocenters. The zero-order valence-electron chi connectivity index (χ0n) is 9.60. The van der Waals surface area contributed by atoms with Gasteiger partial charge in [0.05, 0.1) is 6.54 Å². The van der Waals surface area contributed by atoms with Crippen molar-refractivity contribution in [1.29, 1.82) is 0 Å². The fraction of sp³-hybridized carbons (Fsp3) is 0.231. The van der Waals surface area contributed by atoms with Gasteiger partial charge in [-0.15, -0.1) is 0 Å². The molecular formula is C13H15NO3. The topological polar surface area (TPSA) is 65.6 Å². The van der Waals surface area contributed by atoms with Crippen molar-refractivity contribution < 1.29 is 14.6 Å². The molecule has 0 saturated carbocycles. The van der Waals surface area contributed by atoms with Gasteiger partial charge in [0.15, 0.2) is 0 Å². The van der Waals surface area contributed by atoms with Crippen molar-refractivity contribution in [2.24, 2.45) is 0 Å². The van der Waals surface area contributed by atoms with E-state index >= 15 is 0 Å². The van der Waals surface area contributed by atoms with E-state index in [0.29, 0.717) is 12.3 Å². The van der Waals surface area contributed by atoms with Gasteiger partial charge in [-0.25, -0.2) is 0 Å². The molecule has 1 heterocycles. The van der Waals surface area contributed by atoms with E-state index in [1.807, 2.05) is 19.1 Å². The zero-order chi connectivity index (χ0) is 12.3. The molecule has 0 spiro atoms. The minimum Gasteiger partial charge on any atom is -0.508 e. The first kappa shape index (κ1) is 11.5. The van der Waals surface area contributed by atoms with Crippen LogP contribution in [-0.4, -0.2) is 10.2 Å². The highest BCUT2D eigenvalue weighted by molar-refractivity contribution is 5.50. The van der Waals surface area contributed by atoms with E-state index in [1.54, 1.807) is 18.2 Å². The molecule has 3 N–H and O–H groups in total. The smallest absolute Gasteiger partial charge is 0.129 e. The van der Waals surface area contributed by atoms with Gasteiger partial charge >= 0.3 is 0 Å². The second-order valence-electron chi connectivity index (χ2n) is 3.88. The average Bonchev–Trinajstić information content (AvgIpc) is 2.79. The summed E-state index contributed by atoms with van der Waals surface area (Å²) in [6.07, 6.45) is 0. The number of phenols is 1. The Kier molecular flexibility index (Phi) is 3.35. The molecule has 0 aliphatic rings. The monoisotopic (exact) mass is 233 g/mol. The van der Waals surface area contributed by atoms with Gasteiger partial charge in [-0.05, 0) is 42.8 Å². The van der Waals surface area contributed by atoms with E-state index in [2.05, 4.69) is 5.32 Å². The molecule has 0 fully saturated rings. The second kappa shape index (κ2) is 4.93. The molecule has 90 valence electrons. The van der Waals surface area contributed by atoms with Crippen molar-refractivity contribution in [3.63, 3.8) is 0 Å². The normalized spacial score (nSPS) is 10.5. The van der Waals surface area contributed by atoms with Crippen LogP contribution in [0.1, 0.15) is 17.1 Å². The first-order chi connectivity index (χ1) is 8.19. The third-order valence-electron chi connectivity index (χ3n) is 2.54. The Bertz CT molecular complexity index is 505. The Hall–Kier alpha value is -1.94. The first-order valence-corrected chi connectivity index (χ1v) is 5.41. The molecule has 2 rings (SSSR count). The van der Waals surface area contributed by atoms with Crippen molar-refractivity contribution in [3.05, 3.63) is 47.4 Å². The summed E-state index contributed by atoms with van der Waals surface area (Å²) in [4.78, 5) is 0. The van der Waals surface area contributed by atoms with Crippen molar-refractivity contribution in [2.75, 3.05) is 5.32 Å². The van der Waals surface area contributed by atoms with Crippen molar-refractivity contribution in [2.45, 2.75) is 20.1 Å². The largest absolute Gasteiger partial charge is 0.508 e. The van der Waals surface area contributed by atoms with E-state index in [1.165, 1.54) is 0 Å². The molecule has 0 saturated heterocycles. The van der Waals surface area contributed by atoms with Crippen molar-refractivity contribution >= 4 is 5.69 Å². The predicted octanol–water partition coefficient (Wildman–Crippen LogP) is 2.40. The highest BCUT2D eigenvalue weighted by atomic mass is 16.4. The number of furan rings is 1. The molecule has 0 aliphatic carbocycles. The molecule has 0 atom stereocenters. The van der Waals surface area contributed by atoms with Crippen LogP contribution in [0.5, 0.6) is 5.75 Å². The van der Waals surface area contributed by atoms with Gasteiger partial charge in [0.25, 0.3) is 0 Å². The van der Waals surface area contributed by atoms with E-state index < -0.39 is 0 Å². The van der Waals surface area contributed by atoms with Crippen LogP contribution < -0.4 is 5.32 Å². The summed E-state index contributed by atoms with van der Waals surface area (Å²) in [6.45, 7) is 2.31. The summed E-state index contributed by atoms with van der Waals surface area (Å²) in [5.74, 6) is 1.61. The number of anilines is 1. The van der Waals surface area contributed by atoms with Gasteiger partial charge in [-0.3, -0.25) is 0 Å². The maximum Gasteiger partial charge on any atom is 0.129 e. The summed E-state index contributed by atoms with van der Waals surface area (Å²) >= 11 is 0. The molecule has 1 aromatic carbocycles. The van der Waals surface area contributed by atoms with Crippen LogP contribution in [0, 0.1) is 6.92 Å². The highest BCUT2D eigenvalue weighted by Gasteiger charge is 2.02. The van der Waals surface area contributed by atoms with Gasteiger partial charge in [-0.1, -0.05) is 0 Å². The molecule has 17 heavy (non-hydrogen) atoms. The number of phenolic OH excluding ortho intramolecular Hbond substituents is 1. The summed E-state index contributed by atoms with van der Waals surface area (Å²) < 4.78 is 5.35. The Balaban J connectivity index is 1.99. The van der Waals surface area contributed by atoms with Crippen LogP contribution in [0.15, 0.2) is 34.7 Å². The Morgan fingerprint density at radius 1 is 1.18 bits per heavy atom. The highest BCUT2D eigenvalue weighted by Crippen LogP contribution is 2.20. The SMILES string of the molecule is Cc1cc(NCc2ccc(CO)o2)ccc1O. The lowest BCUT2D eigenvalue weighted by Crippen LogP contribution is -1.98. The summed E-state index contributed by atoms with van der Waals surface area (Å²) in [5.41, 5.74) is 1.74. The number of hydrogen-bond acceptors (Lipinski definition) is 4. The fourth-order valence-corrected chi connectivity index (χ4v) is 1.56. The van der Waals surface area contributed by atoms with Crippen LogP contribution in [0.4, 0.5) is 5.69 Å². The number of benzene rings is 1. The lowest BCUT2D eigenvalue weighted by atomic mass is 10.2. The van der Waals surface area contributed by atoms with Crippen LogP contribution in [0.3, 0.4) is 0 Å². The predicted molar refractivity (Wildman–Crippen MR) is 64.8 cm³/mol. The summed E-state index contributed by atoms with van der Waals surface area (Å²) in [7, 11) is 0. The van der Waals surface area contributed by atoms with Crippen LogP contribution in [0.2, 0.25) is 0 Å². The van der Waals surface area contributed by atoms with E-state index in [-0.39, 0.29) is 12.4 Å². The maximum absolute atomic E-state index is 9.39.